The Morgan fingerprint density at radius 1 is 1.24 bits per heavy atom. The number of hydrogen-bond donors (Lipinski definition) is 0. The SMILES string of the molecule is CCOC(=O)C(C/C(=C\c1ccccc1[N+](=O)[O-])C(=O)OC)[N+](=O)[O-]. The molecule has 1 atom stereocenters. The van der Waals surface area contributed by atoms with Crippen molar-refractivity contribution in [2.45, 2.75) is 19.4 Å². The Balaban J connectivity index is 3.30. The van der Waals surface area contributed by atoms with Crippen LogP contribution in [0.5, 0.6) is 0 Å². The molecule has 0 aliphatic carbocycles. The van der Waals surface area contributed by atoms with Gasteiger partial charge in [0, 0.05) is 16.6 Å². The third kappa shape index (κ3) is 5.37. The van der Waals surface area contributed by atoms with Gasteiger partial charge in [0.25, 0.3) is 5.69 Å². The second-order valence-corrected chi connectivity index (χ2v) is 4.73. The van der Waals surface area contributed by atoms with E-state index in [9.17, 15) is 29.8 Å². The van der Waals surface area contributed by atoms with E-state index in [4.69, 9.17) is 0 Å². The van der Waals surface area contributed by atoms with Crippen LogP contribution in [0.1, 0.15) is 18.9 Å². The lowest BCUT2D eigenvalue weighted by atomic mass is 10.0. The van der Waals surface area contributed by atoms with Gasteiger partial charge in [-0.15, -0.1) is 0 Å². The molecule has 10 heteroatoms. The van der Waals surface area contributed by atoms with Crippen LogP contribution in [0.15, 0.2) is 29.8 Å². The second kappa shape index (κ2) is 9.11. The van der Waals surface area contributed by atoms with E-state index >= 15 is 0 Å². The van der Waals surface area contributed by atoms with Crippen LogP contribution in [0.25, 0.3) is 6.08 Å². The summed E-state index contributed by atoms with van der Waals surface area (Å²) < 4.78 is 9.18. The Morgan fingerprint density at radius 2 is 1.88 bits per heavy atom. The molecule has 0 saturated heterocycles. The first-order valence-corrected chi connectivity index (χ1v) is 7.14. The van der Waals surface area contributed by atoms with Crippen molar-refractivity contribution in [3.8, 4) is 0 Å². The maximum absolute atomic E-state index is 11.9. The summed E-state index contributed by atoms with van der Waals surface area (Å²) in [4.78, 5) is 44.2. The van der Waals surface area contributed by atoms with Crippen molar-refractivity contribution in [2.24, 2.45) is 0 Å². The van der Waals surface area contributed by atoms with E-state index in [1.165, 1.54) is 31.2 Å². The Morgan fingerprint density at radius 3 is 2.40 bits per heavy atom. The van der Waals surface area contributed by atoms with Gasteiger partial charge < -0.3 is 9.47 Å². The van der Waals surface area contributed by atoms with Crippen molar-refractivity contribution in [3.63, 3.8) is 0 Å². The molecule has 0 saturated carbocycles. The molecule has 0 spiro atoms. The van der Waals surface area contributed by atoms with Crippen LogP contribution < -0.4 is 0 Å². The average molecular weight is 352 g/mol. The van der Waals surface area contributed by atoms with E-state index in [1.54, 1.807) is 0 Å². The van der Waals surface area contributed by atoms with Crippen LogP contribution in [-0.2, 0) is 19.1 Å². The molecule has 1 unspecified atom stereocenters. The number of benzene rings is 1. The maximum atomic E-state index is 11.9. The van der Waals surface area contributed by atoms with Gasteiger partial charge in [-0.25, -0.2) is 9.59 Å². The number of nitro benzene ring substituents is 1. The lowest BCUT2D eigenvalue weighted by molar-refractivity contribution is -0.509. The largest absolute Gasteiger partial charge is 0.466 e. The minimum absolute atomic E-state index is 0.0545. The van der Waals surface area contributed by atoms with Crippen molar-refractivity contribution < 1.29 is 28.9 Å². The van der Waals surface area contributed by atoms with E-state index in [0.717, 1.165) is 13.2 Å². The third-order valence-corrected chi connectivity index (χ3v) is 3.14. The first-order valence-electron chi connectivity index (χ1n) is 7.14. The number of methoxy groups -OCH3 is 1. The Hall–Kier alpha value is -3.30. The van der Waals surface area contributed by atoms with Gasteiger partial charge in [0.1, 0.15) is 0 Å². The minimum Gasteiger partial charge on any atom is -0.466 e. The summed E-state index contributed by atoms with van der Waals surface area (Å²) in [7, 11) is 1.06. The van der Waals surface area contributed by atoms with Gasteiger partial charge in [-0.05, 0) is 19.1 Å². The summed E-state index contributed by atoms with van der Waals surface area (Å²) >= 11 is 0. The summed E-state index contributed by atoms with van der Waals surface area (Å²) in [6.07, 6.45) is 0.476. The van der Waals surface area contributed by atoms with E-state index < -0.39 is 34.2 Å². The smallest absolute Gasteiger partial charge is 0.382 e. The first kappa shape index (κ1) is 19.7. The van der Waals surface area contributed by atoms with Crippen molar-refractivity contribution in [2.75, 3.05) is 13.7 Å². The molecule has 25 heavy (non-hydrogen) atoms. The van der Waals surface area contributed by atoms with E-state index in [-0.39, 0.29) is 23.4 Å². The zero-order valence-electron chi connectivity index (χ0n) is 13.5. The summed E-state index contributed by atoms with van der Waals surface area (Å²) in [5, 5.41) is 22.2. The van der Waals surface area contributed by atoms with E-state index in [0.29, 0.717) is 0 Å². The molecule has 1 aromatic rings. The number of nitrogens with zero attached hydrogens (tertiary/aromatic N) is 2. The molecule has 0 radical (unpaired) electrons. The Bertz CT molecular complexity index is 713. The number of carbonyl (C=O) groups is 2. The zero-order valence-corrected chi connectivity index (χ0v) is 13.5. The monoisotopic (exact) mass is 352 g/mol. The molecule has 0 aliphatic heterocycles. The van der Waals surface area contributed by atoms with Gasteiger partial charge in [-0.1, -0.05) is 12.1 Å². The Kier molecular flexibility index (Phi) is 7.19. The predicted molar refractivity (Wildman–Crippen MR) is 85.1 cm³/mol. The van der Waals surface area contributed by atoms with Crippen LogP contribution in [0, 0.1) is 20.2 Å². The lowest BCUT2D eigenvalue weighted by Gasteiger charge is -2.10. The van der Waals surface area contributed by atoms with Crippen LogP contribution in [-0.4, -0.2) is 41.5 Å². The van der Waals surface area contributed by atoms with E-state index in [2.05, 4.69) is 9.47 Å². The number of rotatable bonds is 8. The number of ether oxygens (including phenoxy) is 2. The van der Waals surface area contributed by atoms with E-state index in [1.807, 2.05) is 0 Å². The normalized spacial score (nSPS) is 12.2. The highest BCUT2D eigenvalue weighted by molar-refractivity contribution is 5.95. The summed E-state index contributed by atoms with van der Waals surface area (Å²) in [5.74, 6) is -2.04. The standard InChI is InChI=1S/C15H16N2O8/c1-3-25-15(19)13(17(22)23)9-11(14(18)24-2)8-10-6-4-5-7-12(10)16(20)21/h4-8,13H,3,9H2,1-2H3/b11-8+. The van der Waals surface area contributed by atoms with Gasteiger partial charge in [0.2, 0.25) is 0 Å². The van der Waals surface area contributed by atoms with Crippen molar-refractivity contribution in [1.29, 1.82) is 0 Å². The van der Waals surface area contributed by atoms with Crippen LogP contribution >= 0.6 is 0 Å². The van der Waals surface area contributed by atoms with Gasteiger partial charge in [0.15, 0.2) is 0 Å². The van der Waals surface area contributed by atoms with Gasteiger partial charge >= 0.3 is 18.0 Å². The summed E-state index contributed by atoms with van der Waals surface area (Å²) in [5.41, 5.74) is -0.497. The molecule has 10 nitrogen and oxygen atoms in total. The third-order valence-electron chi connectivity index (χ3n) is 3.14. The first-order chi connectivity index (χ1) is 11.8. The molecule has 0 aliphatic rings. The molecule has 0 heterocycles. The van der Waals surface area contributed by atoms with Crippen LogP contribution in [0.2, 0.25) is 0 Å². The fourth-order valence-electron chi connectivity index (χ4n) is 1.99. The van der Waals surface area contributed by atoms with Gasteiger partial charge in [-0.3, -0.25) is 20.2 Å². The summed E-state index contributed by atoms with van der Waals surface area (Å²) in [6.45, 7) is 1.42. The van der Waals surface area contributed by atoms with Crippen molar-refractivity contribution >= 4 is 23.7 Å². The number of esters is 2. The van der Waals surface area contributed by atoms with Crippen LogP contribution in [0.4, 0.5) is 5.69 Å². The molecule has 1 aromatic carbocycles. The second-order valence-electron chi connectivity index (χ2n) is 4.73. The molecule has 0 amide bonds. The molecular formula is C15H16N2O8. The fourth-order valence-corrected chi connectivity index (χ4v) is 1.99. The average Bonchev–Trinajstić information content (AvgIpc) is 2.57. The molecule has 0 fully saturated rings. The lowest BCUT2D eigenvalue weighted by Crippen LogP contribution is -2.33. The molecule has 1 rings (SSSR count). The highest BCUT2D eigenvalue weighted by Crippen LogP contribution is 2.23. The number of hydrogen-bond acceptors (Lipinski definition) is 8. The zero-order chi connectivity index (χ0) is 19.0. The Labute approximate surface area is 142 Å². The van der Waals surface area contributed by atoms with Crippen molar-refractivity contribution in [1.82, 2.24) is 0 Å². The molecule has 0 aromatic heterocycles. The van der Waals surface area contributed by atoms with Crippen molar-refractivity contribution in [3.05, 3.63) is 55.6 Å². The quantitative estimate of drug-likeness (QED) is 0.298. The highest BCUT2D eigenvalue weighted by atomic mass is 16.6. The number of nitro groups is 2. The highest BCUT2D eigenvalue weighted by Gasteiger charge is 2.34. The summed E-state index contributed by atoms with van der Waals surface area (Å²) in [6, 6.07) is 3.70. The van der Waals surface area contributed by atoms with Gasteiger partial charge in [-0.2, -0.15) is 0 Å². The minimum atomic E-state index is -1.83. The number of carbonyl (C=O) groups excluding carboxylic acids is 2. The maximum Gasteiger partial charge on any atom is 0.382 e. The molecule has 134 valence electrons. The van der Waals surface area contributed by atoms with Crippen LogP contribution in [0.3, 0.4) is 0 Å². The fraction of sp³-hybridized carbons (Fsp3) is 0.333. The molecular weight excluding hydrogens is 336 g/mol. The molecule has 0 bridgehead atoms. The molecule has 0 N–H and O–H groups in total. The predicted octanol–water partition coefficient (Wildman–Crippen LogP) is 1.75. The van der Waals surface area contributed by atoms with Gasteiger partial charge in [0.05, 0.1) is 30.6 Å². The topological polar surface area (TPSA) is 139 Å². The number of para-hydroxylation sites is 1.